The Morgan fingerprint density at radius 3 is 2.35 bits per heavy atom. The zero-order valence-corrected chi connectivity index (χ0v) is 10.3. The van der Waals surface area contributed by atoms with Crippen molar-refractivity contribution in [3.05, 3.63) is 23.8 Å². The largest absolute Gasteiger partial charge is 0.497 e. The van der Waals surface area contributed by atoms with Crippen LogP contribution in [0.2, 0.25) is 0 Å². The number of hydrogen-bond donors (Lipinski definition) is 0. The first-order chi connectivity index (χ1) is 8.08. The minimum atomic E-state index is -0.0975. The molecule has 0 heterocycles. The molecular weight excluding hydrogens is 220 g/mol. The number of methoxy groups -OCH3 is 2. The van der Waals surface area contributed by atoms with Crippen LogP contribution in [0.15, 0.2) is 18.2 Å². The summed E-state index contributed by atoms with van der Waals surface area (Å²) in [6, 6.07) is 5.00. The van der Waals surface area contributed by atoms with Crippen LogP contribution in [0, 0.1) is 0 Å². The third kappa shape index (κ3) is 3.59. The normalized spacial score (nSPS) is 9.82. The Balaban J connectivity index is 2.89. The van der Waals surface area contributed by atoms with Crippen molar-refractivity contribution in [2.24, 2.45) is 0 Å². The molecule has 0 radical (unpaired) electrons. The van der Waals surface area contributed by atoms with Crippen LogP contribution in [0.25, 0.3) is 0 Å². The van der Waals surface area contributed by atoms with Crippen LogP contribution in [-0.4, -0.2) is 25.8 Å². The molecule has 4 heteroatoms. The third-order valence-electron chi connectivity index (χ3n) is 2.41. The molecule has 4 nitrogen and oxygen atoms in total. The molecular formula is C13H16O4. The first-order valence-electron chi connectivity index (χ1n) is 5.33. The van der Waals surface area contributed by atoms with Gasteiger partial charge in [0.25, 0.3) is 0 Å². The SMILES string of the molecule is COc1ccc(C(=O)CCC(C)=O)c(OC)c1. The van der Waals surface area contributed by atoms with Crippen molar-refractivity contribution >= 4 is 11.6 Å². The lowest BCUT2D eigenvalue weighted by Crippen LogP contribution is -2.04. The van der Waals surface area contributed by atoms with E-state index in [1.165, 1.54) is 14.0 Å². The minimum absolute atomic E-state index is 0.00540. The second-order valence-electron chi connectivity index (χ2n) is 3.69. The Morgan fingerprint density at radius 1 is 1.12 bits per heavy atom. The lowest BCUT2D eigenvalue weighted by molar-refractivity contribution is -0.116. The van der Waals surface area contributed by atoms with E-state index in [2.05, 4.69) is 0 Å². The molecule has 0 bridgehead atoms. The molecule has 0 aliphatic rings. The van der Waals surface area contributed by atoms with E-state index in [4.69, 9.17) is 9.47 Å². The fraction of sp³-hybridized carbons (Fsp3) is 0.385. The molecule has 0 aromatic heterocycles. The van der Waals surface area contributed by atoms with Gasteiger partial charge < -0.3 is 14.3 Å². The molecule has 92 valence electrons. The number of ketones is 2. The van der Waals surface area contributed by atoms with E-state index in [-0.39, 0.29) is 24.4 Å². The highest BCUT2D eigenvalue weighted by Crippen LogP contribution is 2.25. The fourth-order valence-electron chi connectivity index (χ4n) is 1.45. The second kappa shape index (κ2) is 6.03. The van der Waals surface area contributed by atoms with Crippen LogP contribution in [0.4, 0.5) is 0 Å². The van der Waals surface area contributed by atoms with Gasteiger partial charge in [-0.05, 0) is 19.1 Å². The lowest BCUT2D eigenvalue weighted by Gasteiger charge is -2.09. The van der Waals surface area contributed by atoms with E-state index in [0.29, 0.717) is 17.1 Å². The Bertz CT molecular complexity index is 423. The topological polar surface area (TPSA) is 52.6 Å². The molecule has 0 saturated heterocycles. The smallest absolute Gasteiger partial charge is 0.167 e. The number of hydrogen-bond acceptors (Lipinski definition) is 4. The van der Waals surface area contributed by atoms with Gasteiger partial charge in [-0.2, -0.15) is 0 Å². The number of carbonyl (C=O) groups is 2. The average Bonchev–Trinajstić information content (AvgIpc) is 2.34. The molecule has 0 spiro atoms. The van der Waals surface area contributed by atoms with Crippen molar-refractivity contribution in [2.75, 3.05) is 14.2 Å². The molecule has 17 heavy (non-hydrogen) atoms. The summed E-state index contributed by atoms with van der Waals surface area (Å²) in [5, 5.41) is 0. The quantitative estimate of drug-likeness (QED) is 0.711. The van der Waals surface area contributed by atoms with Crippen molar-refractivity contribution in [1.29, 1.82) is 0 Å². The Labute approximate surface area is 101 Å². The monoisotopic (exact) mass is 236 g/mol. The summed E-state index contributed by atoms with van der Waals surface area (Å²) >= 11 is 0. The van der Waals surface area contributed by atoms with Gasteiger partial charge in [0.05, 0.1) is 19.8 Å². The van der Waals surface area contributed by atoms with Crippen molar-refractivity contribution in [1.82, 2.24) is 0 Å². The first kappa shape index (κ1) is 13.2. The van der Waals surface area contributed by atoms with Gasteiger partial charge in [-0.1, -0.05) is 0 Å². The molecule has 1 aromatic rings. The van der Waals surface area contributed by atoms with Gasteiger partial charge in [0.1, 0.15) is 17.3 Å². The molecule has 0 amide bonds. The summed E-state index contributed by atoms with van der Waals surface area (Å²) in [4.78, 5) is 22.7. The maximum Gasteiger partial charge on any atom is 0.167 e. The van der Waals surface area contributed by atoms with Gasteiger partial charge in [0, 0.05) is 18.9 Å². The van der Waals surface area contributed by atoms with Gasteiger partial charge in [-0.25, -0.2) is 0 Å². The summed E-state index contributed by atoms with van der Waals surface area (Å²) in [5.41, 5.74) is 0.481. The average molecular weight is 236 g/mol. The summed E-state index contributed by atoms with van der Waals surface area (Å²) in [7, 11) is 3.04. The maximum absolute atomic E-state index is 11.9. The summed E-state index contributed by atoms with van der Waals surface area (Å²) in [6.07, 6.45) is 0.464. The number of benzene rings is 1. The van der Waals surface area contributed by atoms with E-state index in [9.17, 15) is 9.59 Å². The highest BCUT2D eigenvalue weighted by Gasteiger charge is 2.13. The highest BCUT2D eigenvalue weighted by atomic mass is 16.5. The van der Waals surface area contributed by atoms with Crippen LogP contribution in [0.5, 0.6) is 11.5 Å². The molecule has 1 aromatic carbocycles. The third-order valence-corrected chi connectivity index (χ3v) is 2.41. The zero-order chi connectivity index (χ0) is 12.8. The lowest BCUT2D eigenvalue weighted by atomic mass is 10.0. The van der Waals surface area contributed by atoms with Crippen molar-refractivity contribution in [3.8, 4) is 11.5 Å². The van der Waals surface area contributed by atoms with Crippen LogP contribution >= 0.6 is 0 Å². The van der Waals surface area contributed by atoms with Gasteiger partial charge >= 0.3 is 0 Å². The molecule has 0 saturated carbocycles. The number of ether oxygens (including phenoxy) is 2. The van der Waals surface area contributed by atoms with E-state index in [1.807, 2.05) is 0 Å². The van der Waals surface area contributed by atoms with Gasteiger partial charge in [-0.3, -0.25) is 4.79 Å². The van der Waals surface area contributed by atoms with Crippen molar-refractivity contribution < 1.29 is 19.1 Å². The molecule has 0 atom stereocenters. The van der Waals surface area contributed by atoms with Crippen molar-refractivity contribution in [2.45, 2.75) is 19.8 Å². The molecule has 0 fully saturated rings. The van der Waals surface area contributed by atoms with E-state index in [1.54, 1.807) is 25.3 Å². The minimum Gasteiger partial charge on any atom is -0.497 e. The molecule has 0 N–H and O–H groups in total. The predicted octanol–water partition coefficient (Wildman–Crippen LogP) is 2.26. The highest BCUT2D eigenvalue weighted by molar-refractivity contribution is 6.00. The summed E-state index contributed by atoms with van der Waals surface area (Å²) < 4.78 is 10.2. The molecule has 1 rings (SSSR count). The van der Waals surface area contributed by atoms with E-state index >= 15 is 0 Å². The molecule has 0 unspecified atom stereocenters. The summed E-state index contributed by atoms with van der Waals surface area (Å²) in [6.45, 7) is 1.47. The maximum atomic E-state index is 11.9. The number of rotatable bonds is 6. The Morgan fingerprint density at radius 2 is 1.82 bits per heavy atom. The number of carbonyl (C=O) groups excluding carboxylic acids is 2. The fourth-order valence-corrected chi connectivity index (χ4v) is 1.45. The van der Waals surface area contributed by atoms with E-state index in [0.717, 1.165) is 0 Å². The van der Waals surface area contributed by atoms with Gasteiger partial charge in [-0.15, -0.1) is 0 Å². The van der Waals surface area contributed by atoms with Gasteiger partial charge in [0.15, 0.2) is 5.78 Å². The Hall–Kier alpha value is -1.84. The second-order valence-corrected chi connectivity index (χ2v) is 3.69. The van der Waals surface area contributed by atoms with Crippen molar-refractivity contribution in [3.63, 3.8) is 0 Å². The Kier molecular flexibility index (Phi) is 4.69. The molecule has 0 aliphatic heterocycles. The first-order valence-corrected chi connectivity index (χ1v) is 5.33. The molecule has 0 aliphatic carbocycles. The van der Waals surface area contributed by atoms with Crippen LogP contribution in [-0.2, 0) is 4.79 Å². The summed E-state index contributed by atoms with van der Waals surface area (Å²) in [5.74, 6) is 1.01. The number of Topliss-reactive ketones (excluding diaryl/α,β-unsaturated/α-hetero) is 2. The van der Waals surface area contributed by atoms with E-state index < -0.39 is 0 Å². The predicted molar refractivity (Wildman–Crippen MR) is 63.8 cm³/mol. The van der Waals surface area contributed by atoms with Crippen LogP contribution in [0.1, 0.15) is 30.1 Å². The van der Waals surface area contributed by atoms with Crippen LogP contribution in [0.3, 0.4) is 0 Å². The van der Waals surface area contributed by atoms with Gasteiger partial charge in [0.2, 0.25) is 0 Å². The standard InChI is InChI=1S/C13H16O4/c1-9(14)4-7-12(15)11-6-5-10(16-2)8-13(11)17-3/h5-6,8H,4,7H2,1-3H3. The zero-order valence-electron chi connectivity index (χ0n) is 10.3. The van der Waals surface area contributed by atoms with Crippen LogP contribution < -0.4 is 9.47 Å².